The zero-order valence-electron chi connectivity index (χ0n) is 18.7. The SMILES string of the molecule is C=Cc1c(C=C)c(/C=C\C)n(C(/C=C\C)=C/C)c1C=C.CC.CC.CC. The Morgan fingerprint density at radius 1 is 0.692 bits per heavy atom. The topological polar surface area (TPSA) is 4.93 Å². The molecule has 0 spiro atoms. The van der Waals surface area contributed by atoms with Gasteiger partial charge in [-0.2, -0.15) is 0 Å². The molecule has 26 heavy (non-hydrogen) atoms. The van der Waals surface area contributed by atoms with E-state index >= 15 is 0 Å². The highest BCUT2D eigenvalue weighted by molar-refractivity contribution is 5.82. The molecule has 1 heterocycles. The molecule has 0 unspecified atom stereocenters. The standard InChI is InChI=1S/C19H23N.3C2H6/c1-7-13-15(9-3)20-18(12-6)16(10-4)17(11-5)19(20)14-8-2;3*1-2/h7-14H,4-6H2,1-3H3;3*1-2H3/b13-7-,14-8-,15-9+;;;. The van der Waals surface area contributed by atoms with E-state index in [0.717, 1.165) is 28.2 Å². The van der Waals surface area contributed by atoms with Crippen molar-refractivity contribution >= 4 is 30.0 Å². The summed E-state index contributed by atoms with van der Waals surface area (Å²) in [5.41, 5.74) is 5.38. The van der Waals surface area contributed by atoms with Gasteiger partial charge in [-0.3, -0.25) is 0 Å². The maximum absolute atomic E-state index is 3.95. The van der Waals surface area contributed by atoms with Crippen LogP contribution in [0.3, 0.4) is 0 Å². The van der Waals surface area contributed by atoms with Crippen LogP contribution in [0.4, 0.5) is 0 Å². The molecule has 1 aromatic rings. The van der Waals surface area contributed by atoms with Crippen molar-refractivity contribution in [2.75, 3.05) is 0 Å². The van der Waals surface area contributed by atoms with Crippen LogP contribution < -0.4 is 0 Å². The Morgan fingerprint density at radius 2 is 1.15 bits per heavy atom. The molecule has 0 amide bonds. The fourth-order valence-electron chi connectivity index (χ4n) is 2.35. The van der Waals surface area contributed by atoms with Gasteiger partial charge in [-0.15, -0.1) is 0 Å². The summed E-state index contributed by atoms with van der Waals surface area (Å²) in [6.45, 7) is 29.9. The van der Waals surface area contributed by atoms with Crippen LogP contribution in [0.25, 0.3) is 30.0 Å². The highest BCUT2D eigenvalue weighted by Gasteiger charge is 2.16. The first-order valence-corrected chi connectivity index (χ1v) is 9.78. The van der Waals surface area contributed by atoms with Crippen LogP contribution in [0, 0.1) is 0 Å². The fourth-order valence-corrected chi connectivity index (χ4v) is 2.35. The molecule has 0 saturated carbocycles. The molecule has 0 atom stereocenters. The molecule has 1 rings (SSSR count). The van der Waals surface area contributed by atoms with Crippen molar-refractivity contribution in [2.24, 2.45) is 0 Å². The van der Waals surface area contributed by atoms with Gasteiger partial charge in [0.1, 0.15) is 0 Å². The summed E-state index contributed by atoms with van der Waals surface area (Å²) in [6, 6.07) is 0. The number of nitrogens with zero attached hydrogens (tertiary/aromatic N) is 1. The maximum atomic E-state index is 3.95. The summed E-state index contributed by atoms with van der Waals surface area (Å²) in [7, 11) is 0. The predicted octanol–water partition coefficient (Wildman–Crippen LogP) is 8.97. The molecular weight excluding hydrogens is 314 g/mol. The molecule has 0 N–H and O–H groups in total. The number of rotatable bonds is 6. The lowest BCUT2D eigenvalue weighted by molar-refractivity contribution is 1.08. The second-order valence-electron chi connectivity index (χ2n) is 4.26. The fraction of sp³-hybridized carbons (Fsp3) is 0.360. The van der Waals surface area contributed by atoms with Crippen molar-refractivity contribution in [3.8, 4) is 0 Å². The highest BCUT2D eigenvalue weighted by atomic mass is 15.0. The van der Waals surface area contributed by atoms with Gasteiger partial charge in [0, 0.05) is 16.8 Å². The molecule has 0 fully saturated rings. The minimum atomic E-state index is 1.04. The third-order valence-corrected chi connectivity index (χ3v) is 3.14. The van der Waals surface area contributed by atoms with Crippen molar-refractivity contribution in [2.45, 2.75) is 62.3 Å². The number of hydrogen-bond donors (Lipinski definition) is 0. The van der Waals surface area contributed by atoms with Crippen LogP contribution in [0.5, 0.6) is 0 Å². The van der Waals surface area contributed by atoms with Gasteiger partial charge in [0.2, 0.25) is 0 Å². The summed E-state index contributed by atoms with van der Waals surface area (Å²) >= 11 is 0. The van der Waals surface area contributed by atoms with Gasteiger partial charge in [-0.05, 0) is 39.0 Å². The van der Waals surface area contributed by atoms with Crippen LogP contribution >= 0.6 is 0 Å². The Morgan fingerprint density at radius 3 is 1.46 bits per heavy atom. The van der Waals surface area contributed by atoms with E-state index in [9.17, 15) is 0 Å². The highest BCUT2D eigenvalue weighted by Crippen LogP contribution is 2.31. The Labute approximate surface area is 163 Å². The smallest absolute Gasteiger partial charge is 0.0537 e. The zero-order chi connectivity index (χ0) is 21.1. The summed E-state index contributed by atoms with van der Waals surface area (Å²) in [6.07, 6.45) is 15.9. The lowest BCUT2D eigenvalue weighted by Crippen LogP contribution is -2.00. The quantitative estimate of drug-likeness (QED) is 0.449. The molecule has 146 valence electrons. The third-order valence-electron chi connectivity index (χ3n) is 3.14. The van der Waals surface area contributed by atoms with Crippen molar-refractivity contribution in [1.82, 2.24) is 4.57 Å². The van der Waals surface area contributed by atoms with E-state index in [0.29, 0.717) is 0 Å². The van der Waals surface area contributed by atoms with Crippen LogP contribution in [0.15, 0.2) is 44.0 Å². The van der Waals surface area contributed by atoms with Crippen molar-refractivity contribution in [1.29, 1.82) is 0 Å². The van der Waals surface area contributed by atoms with E-state index in [-0.39, 0.29) is 0 Å². The van der Waals surface area contributed by atoms with E-state index < -0.39 is 0 Å². The summed E-state index contributed by atoms with van der Waals surface area (Å²) in [5.74, 6) is 0. The molecule has 0 aliphatic heterocycles. The first-order chi connectivity index (χ1) is 12.7. The summed E-state index contributed by atoms with van der Waals surface area (Å²) < 4.78 is 2.18. The molecule has 0 bridgehead atoms. The molecule has 0 aliphatic rings. The summed E-state index contributed by atoms with van der Waals surface area (Å²) in [4.78, 5) is 0. The Kier molecular flexibility index (Phi) is 20.9. The van der Waals surface area contributed by atoms with Crippen LogP contribution in [0.2, 0.25) is 0 Å². The molecule has 1 nitrogen and oxygen atoms in total. The van der Waals surface area contributed by atoms with E-state index in [1.807, 2.05) is 92.7 Å². The average molecular weight is 356 g/mol. The number of aromatic nitrogens is 1. The lowest BCUT2D eigenvalue weighted by atomic mass is 10.1. The minimum Gasteiger partial charge on any atom is -0.310 e. The van der Waals surface area contributed by atoms with Gasteiger partial charge in [0.25, 0.3) is 0 Å². The Balaban J connectivity index is -0.000000795. The van der Waals surface area contributed by atoms with Gasteiger partial charge in [0.05, 0.1) is 11.4 Å². The zero-order valence-corrected chi connectivity index (χ0v) is 18.7. The second-order valence-corrected chi connectivity index (χ2v) is 4.26. The molecule has 0 radical (unpaired) electrons. The third kappa shape index (κ3) is 7.31. The monoisotopic (exact) mass is 355 g/mol. The van der Waals surface area contributed by atoms with Crippen molar-refractivity contribution < 1.29 is 0 Å². The van der Waals surface area contributed by atoms with Gasteiger partial charge in [0.15, 0.2) is 0 Å². The first-order valence-electron chi connectivity index (χ1n) is 9.78. The van der Waals surface area contributed by atoms with E-state index in [1.165, 1.54) is 0 Å². The van der Waals surface area contributed by atoms with Gasteiger partial charge >= 0.3 is 0 Å². The molecule has 0 aromatic carbocycles. The number of allylic oxidation sites excluding steroid dienone is 5. The maximum Gasteiger partial charge on any atom is 0.0537 e. The van der Waals surface area contributed by atoms with Gasteiger partial charge in [-0.1, -0.05) is 91.7 Å². The van der Waals surface area contributed by atoms with E-state index in [1.54, 1.807) is 0 Å². The van der Waals surface area contributed by atoms with E-state index in [4.69, 9.17) is 0 Å². The Bertz CT molecular complexity index is 605. The van der Waals surface area contributed by atoms with Crippen LogP contribution in [0.1, 0.15) is 84.8 Å². The molecular formula is C25H41N. The van der Waals surface area contributed by atoms with Gasteiger partial charge in [-0.25, -0.2) is 0 Å². The largest absolute Gasteiger partial charge is 0.310 e. The molecule has 0 aliphatic carbocycles. The van der Waals surface area contributed by atoms with Crippen molar-refractivity contribution in [3.63, 3.8) is 0 Å². The molecule has 0 saturated heterocycles. The van der Waals surface area contributed by atoms with Crippen LogP contribution in [-0.4, -0.2) is 4.57 Å². The lowest BCUT2D eigenvalue weighted by Gasteiger charge is -2.11. The molecule has 1 aromatic heterocycles. The number of hydrogen-bond acceptors (Lipinski definition) is 0. The second kappa shape index (κ2) is 19.1. The summed E-state index contributed by atoms with van der Waals surface area (Å²) in [5, 5.41) is 0. The minimum absolute atomic E-state index is 1.04. The first kappa shape index (κ1) is 28.5. The van der Waals surface area contributed by atoms with E-state index in [2.05, 4.69) is 42.5 Å². The molecule has 1 heteroatoms. The predicted molar refractivity (Wildman–Crippen MR) is 128 cm³/mol. The average Bonchev–Trinajstić information content (AvgIpc) is 3.03. The van der Waals surface area contributed by atoms with Crippen LogP contribution in [-0.2, 0) is 0 Å². The van der Waals surface area contributed by atoms with Gasteiger partial charge < -0.3 is 4.57 Å². The normalized spacial score (nSPS) is 10.1. The van der Waals surface area contributed by atoms with Crippen molar-refractivity contribution in [3.05, 3.63) is 66.6 Å². The Hall–Kier alpha value is -2.28.